The van der Waals surface area contributed by atoms with Gasteiger partial charge in [0.25, 0.3) is 0 Å². The second-order valence-corrected chi connectivity index (χ2v) is 8.66. The second-order valence-electron chi connectivity index (χ2n) is 7.34. The Morgan fingerprint density at radius 1 is 0.905 bits per heavy atom. The molecule has 21 heavy (non-hydrogen) atoms. The van der Waals surface area contributed by atoms with Gasteiger partial charge in [-0.15, -0.1) is 0 Å². The van der Waals surface area contributed by atoms with Crippen LogP contribution in [0.5, 0.6) is 0 Å². The van der Waals surface area contributed by atoms with Crippen molar-refractivity contribution < 1.29 is 4.43 Å². The van der Waals surface area contributed by atoms with E-state index < -0.39 is 0 Å². The minimum atomic E-state index is -0.335. The molecule has 0 unspecified atom stereocenters. The van der Waals surface area contributed by atoms with Gasteiger partial charge in [-0.05, 0) is 84.8 Å². The van der Waals surface area contributed by atoms with Crippen LogP contribution in [0.1, 0.15) is 52.4 Å². The molecule has 3 nitrogen and oxygen atoms in total. The van der Waals surface area contributed by atoms with Crippen molar-refractivity contribution >= 4 is 9.76 Å². The first-order chi connectivity index (χ1) is 9.89. The molecule has 0 spiro atoms. The van der Waals surface area contributed by atoms with Gasteiger partial charge < -0.3 is 14.2 Å². The van der Waals surface area contributed by atoms with Crippen LogP contribution in [0.2, 0.25) is 6.04 Å². The summed E-state index contributed by atoms with van der Waals surface area (Å²) < 4.78 is 5.94. The van der Waals surface area contributed by atoms with Crippen molar-refractivity contribution in [3.8, 4) is 0 Å². The second kappa shape index (κ2) is 12.6. The molecule has 0 aromatic rings. The molecule has 0 aromatic carbocycles. The smallest absolute Gasteiger partial charge is 0.162 e. The van der Waals surface area contributed by atoms with Gasteiger partial charge in [-0.1, -0.05) is 20.3 Å². The van der Waals surface area contributed by atoms with E-state index in [0.717, 1.165) is 6.61 Å². The molecule has 4 heteroatoms. The summed E-state index contributed by atoms with van der Waals surface area (Å²) in [4.78, 5) is 4.60. The SMILES string of the molecule is CCCCO[SiH2]CC(C)(CCCN(C)C)CCCN(C)C. The summed E-state index contributed by atoms with van der Waals surface area (Å²) >= 11 is 0. The predicted octanol–water partition coefficient (Wildman–Crippen LogP) is 3.00. The third-order valence-electron chi connectivity index (χ3n) is 4.26. The standard InChI is InChI=1S/C17H40N2OSi/c1-7-8-15-20-21-16-17(2,11-9-13-18(3)4)12-10-14-19(5)6/h7-16,21H2,1-6H3. The Labute approximate surface area is 136 Å². The summed E-state index contributed by atoms with van der Waals surface area (Å²) in [5.74, 6) is 0. The number of unbranched alkanes of at least 4 members (excludes halogenated alkanes) is 1. The van der Waals surface area contributed by atoms with E-state index >= 15 is 0 Å². The molecular weight excluding hydrogens is 276 g/mol. The van der Waals surface area contributed by atoms with E-state index in [9.17, 15) is 0 Å². The molecule has 0 fully saturated rings. The first-order valence-electron chi connectivity index (χ1n) is 8.77. The zero-order chi connectivity index (χ0) is 16.1. The zero-order valence-corrected chi connectivity index (χ0v) is 17.0. The fraction of sp³-hybridized carbons (Fsp3) is 1.00. The van der Waals surface area contributed by atoms with Gasteiger partial charge in [-0.25, -0.2) is 0 Å². The highest BCUT2D eigenvalue weighted by molar-refractivity contribution is 6.27. The van der Waals surface area contributed by atoms with E-state index in [1.54, 1.807) is 0 Å². The Morgan fingerprint density at radius 2 is 1.43 bits per heavy atom. The molecule has 0 radical (unpaired) electrons. The summed E-state index contributed by atoms with van der Waals surface area (Å²) in [5.41, 5.74) is 0.504. The van der Waals surface area contributed by atoms with Gasteiger partial charge in [-0.3, -0.25) is 0 Å². The van der Waals surface area contributed by atoms with Crippen LogP contribution in [0.25, 0.3) is 0 Å². The highest BCUT2D eigenvalue weighted by Crippen LogP contribution is 2.33. The van der Waals surface area contributed by atoms with Crippen LogP contribution in [-0.2, 0) is 4.43 Å². The minimum Gasteiger partial charge on any atom is -0.424 e. The molecule has 0 rings (SSSR count). The first-order valence-corrected chi connectivity index (χ1v) is 10.3. The quantitative estimate of drug-likeness (QED) is 0.362. The summed E-state index contributed by atoms with van der Waals surface area (Å²) in [6.45, 7) is 8.14. The molecule has 0 aliphatic heterocycles. The summed E-state index contributed by atoms with van der Waals surface area (Å²) in [7, 11) is 8.36. The van der Waals surface area contributed by atoms with Crippen molar-refractivity contribution in [3.05, 3.63) is 0 Å². The molecule has 0 aliphatic carbocycles. The molecule has 0 saturated carbocycles. The van der Waals surface area contributed by atoms with E-state index in [-0.39, 0.29) is 9.76 Å². The average molecular weight is 317 g/mol. The van der Waals surface area contributed by atoms with Crippen LogP contribution in [0.3, 0.4) is 0 Å². The summed E-state index contributed by atoms with van der Waals surface area (Å²) in [6.07, 6.45) is 7.80. The highest BCUT2D eigenvalue weighted by atomic mass is 28.2. The summed E-state index contributed by atoms with van der Waals surface area (Å²) in [5, 5.41) is 0. The van der Waals surface area contributed by atoms with E-state index in [0.29, 0.717) is 5.41 Å². The van der Waals surface area contributed by atoms with Gasteiger partial charge in [0.2, 0.25) is 0 Å². The number of hydrogen-bond donors (Lipinski definition) is 0. The molecule has 128 valence electrons. The maximum Gasteiger partial charge on any atom is 0.162 e. The van der Waals surface area contributed by atoms with Crippen molar-refractivity contribution in [3.63, 3.8) is 0 Å². The molecule has 0 N–H and O–H groups in total. The Balaban J connectivity index is 4.10. The number of rotatable bonds is 14. The Hall–Kier alpha value is 0.0969. The Morgan fingerprint density at radius 3 is 1.86 bits per heavy atom. The van der Waals surface area contributed by atoms with Crippen molar-refractivity contribution in [2.75, 3.05) is 47.9 Å². The van der Waals surface area contributed by atoms with Gasteiger partial charge in [0, 0.05) is 6.61 Å². The van der Waals surface area contributed by atoms with Crippen LogP contribution in [-0.4, -0.2) is 67.5 Å². The van der Waals surface area contributed by atoms with Crippen molar-refractivity contribution in [2.24, 2.45) is 5.41 Å². The van der Waals surface area contributed by atoms with Crippen molar-refractivity contribution in [1.29, 1.82) is 0 Å². The van der Waals surface area contributed by atoms with Crippen LogP contribution in [0.4, 0.5) is 0 Å². The third-order valence-corrected chi connectivity index (χ3v) is 6.25. The number of hydrogen-bond acceptors (Lipinski definition) is 3. The summed E-state index contributed by atoms with van der Waals surface area (Å²) in [6, 6.07) is 1.34. The van der Waals surface area contributed by atoms with E-state index in [2.05, 4.69) is 51.8 Å². The minimum absolute atomic E-state index is 0.335. The maximum atomic E-state index is 5.94. The van der Waals surface area contributed by atoms with Crippen molar-refractivity contribution in [1.82, 2.24) is 9.80 Å². The normalized spacial score (nSPS) is 13.1. The molecule has 0 heterocycles. The average Bonchev–Trinajstić information content (AvgIpc) is 2.37. The molecule has 0 amide bonds. The van der Waals surface area contributed by atoms with Gasteiger partial charge in [-0.2, -0.15) is 0 Å². The molecule has 0 aromatic heterocycles. The third kappa shape index (κ3) is 13.5. The lowest BCUT2D eigenvalue weighted by Gasteiger charge is -2.31. The van der Waals surface area contributed by atoms with Crippen LogP contribution in [0, 0.1) is 5.41 Å². The maximum absolute atomic E-state index is 5.94. The van der Waals surface area contributed by atoms with Crippen LogP contribution in [0.15, 0.2) is 0 Å². The molecule has 0 saturated heterocycles. The van der Waals surface area contributed by atoms with Crippen molar-refractivity contribution in [2.45, 2.75) is 58.4 Å². The van der Waals surface area contributed by atoms with Gasteiger partial charge in [0.15, 0.2) is 9.76 Å². The van der Waals surface area contributed by atoms with E-state index in [1.807, 2.05) is 0 Å². The fourth-order valence-corrected chi connectivity index (χ4v) is 4.23. The zero-order valence-electron chi connectivity index (χ0n) is 15.6. The largest absolute Gasteiger partial charge is 0.424 e. The van der Waals surface area contributed by atoms with Gasteiger partial charge in [0.05, 0.1) is 0 Å². The number of nitrogens with zero attached hydrogens (tertiary/aromatic N) is 2. The lowest BCUT2D eigenvalue weighted by atomic mass is 9.82. The molecule has 0 aliphatic rings. The lowest BCUT2D eigenvalue weighted by molar-refractivity contribution is 0.241. The Bertz CT molecular complexity index is 221. The monoisotopic (exact) mass is 316 g/mol. The lowest BCUT2D eigenvalue weighted by Crippen LogP contribution is -2.24. The molecular formula is C17H40N2OSi. The topological polar surface area (TPSA) is 15.7 Å². The van der Waals surface area contributed by atoms with Gasteiger partial charge in [0.1, 0.15) is 0 Å². The van der Waals surface area contributed by atoms with E-state index in [4.69, 9.17) is 4.43 Å². The predicted molar refractivity (Wildman–Crippen MR) is 97.9 cm³/mol. The molecule has 0 atom stereocenters. The Kier molecular flexibility index (Phi) is 12.7. The molecule has 0 bridgehead atoms. The highest BCUT2D eigenvalue weighted by Gasteiger charge is 2.23. The van der Waals surface area contributed by atoms with E-state index in [1.165, 1.54) is 57.7 Å². The first kappa shape index (κ1) is 21.1. The van der Waals surface area contributed by atoms with Crippen LogP contribution >= 0.6 is 0 Å². The fourth-order valence-electron chi connectivity index (χ4n) is 2.69. The van der Waals surface area contributed by atoms with Crippen LogP contribution < -0.4 is 0 Å². The van der Waals surface area contributed by atoms with Gasteiger partial charge >= 0.3 is 0 Å².